The minimum atomic E-state index is -3.30. The molecule has 0 aromatic rings. The van der Waals surface area contributed by atoms with Gasteiger partial charge in [-0.15, -0.1) is 0 Å². The van der Waals surface area contributed by atoms with Crippen LogP contribution in [0, 0.1) is 5.41 Å². The van der Waals surface area contributed by atoms with Crippen molar-refractivity contribution in [2.24, 2.45) is 5.73 Å². The molecule has 98 valence electrons. The van der Waals surface area contributed by atoms with E-state index < -0.39 is 10.2 Å². The molecule has 0 radical (unpaired) electrons. The highest BCUT2D eigenvalue weighted by Gasteiger charge is 2.32. The van der Waals surface area contributed by atoms with Gasteiger partial charge in [-0.1, -0.05) is 0 Å². The highest BCUT2D eigenvalue weighted by atomic mass is 32.2. The first-order valence-electron chi connectivity index (χ1n) is 5.80. The zero-order valence-electron chi connectivity index (χ0n) is 9.72. The number of nitrogens with zero attached hydrogens (tertiary/aromatic N) is 2. The summed E-state index contributed by atoms with van der Waals surface area (Å²) in [5, 5.41) is 7.20. The molecule has 4 N–H and O–H groups in total. The van der Waals surface area contributed by atoms with E-state index in [4.69, 9.17) is 11.1 Å². The van der Waals surface area contributed by atoms with Gasteiger partial charge in [0.05, 0.1) is 6.54 Å². The maximum absolute atomic E-state index is 11.9. The predicted octanol–water partition coefficient (Wildman–Crippen LogP) is -1.46. The van der Waals surface area contributed by atoms with Crippen LogP contribution in [0.3, 0.4) is 0 Å². The fraction of sp³-hybridized carbons (Fsp3) is 0.889. The van der Waals surface area contributed by atoms with Gasteiger partial charge < -0.3 is 5.73 Å². The summed E-state index contributed by atoms with van der Waals surface area (Å²) in [6.07, 6.45) is 1.90. The molecule has 1 saturated heterocycles. The lowest BCUT2D eigenvalue weighted by molar-refractivity contribution is 0.207. The van der Waals surface area contributed by atoms with Gasteiger partial charge in [0.15, 0.2) is 0 Å². The summed E-state index contributed by atoms with van der Waals surface area (Å²) >= 11 is 0. The van der Waals surface area contributed by atoms with Gasteiger partial charge in [0.2, 0.25) is 0 Å². The van der Waals surface area contributed by atoms with Crippen LogP contribution in [-0.4, -0.2) is 62.2 Å². The zero-order valence-corrected chi connectivity index (χ0v) is 10.5. The van der Waals surface area contributed by atoms with E-state index in [1.807, 2.05) is 4.90 Å². The van der Waals surface area contributed by atoms with Crippen LogP contribution in [0.4, 0.5) is 0 Å². The van der Waals surface area contributed by atoms with E-state index in [-0.39, 0.29) is 11.9 Å². The lowest BCUT2D eigenvalue weighted by Crippen LogP contribution is -2.53. The van der Waals surface area contributed by atoms with Gasteiger partial charge in [0.25, 0.3) is 10.2 Å². The number of rotatable bonds is 5. The molecule has 1 aliphatic heterocycles. The molecular weight excluding hydrogens is 242 g/mol. The number of nitrogens with one attached hydrogen (secondary N) is 2. The Bertz CT molecular complexity index is 384. The third-order valence-electron chi connectivity index (χ3n) is 2.96. The van der Waals surface area contributed by atoms with Crippen molar-refractivity contribution in [1.29, 1.82) is 5.41 Å². The zero-order chi connectivity index (χ0) is 12.5. The Morgan fingerprint density at radius 2 is 1.88 bits per heavy atom. The molecule has 0 unspecified atom stereocenters. The third-order valence-corrected chi connectivity index (χ3v) is 4.63. The average molecular weight is 261 g/mol. The molecule has 2 fully saturated rings. The van der Waals surface area contributed by atoms with Crippen LogP contribution in [0.25, 0.3) is 0 Å². The predicted molar refractivity (Wildman–Crippen MR) is 65.0 cm³/mol. The van der Waals surface area contributed by atoms with E-state index in [0.717, 1.165) is 12.8 Å². The van der Waals surface area contributed by atoms with Crippen LogP contribution in [0.15, 0.2) is 0 Å². The first-order chi connectivity index (χ1) is 7.97. The Kier molecular flexibility index (Phi) is 3.67. The minimum absolute atomic E-state index is 0.123. The van der Waals surface area contributed by atoms with Gasteiger partial charge in [-0.2, -0.15) is 17.4 Å². The highest BCUT2D eigenvalue weighted by Crippen LogP contribution is 2.20. The van der Waals surface area contributed by atoms with Crippen LogP contribution in [0.1, 0.15) is 12.8 Å². The molecule has 0 aromatic carbocycles. The summed E-state index contributed by atoms with van der Waals surface area (Å²) in [7, 11) is -3.30. The van der Waals surface area contributed by atoms with E-state index in [0.29, 0.717) is 32.7 Å². The van der Waals surface area contributed by atoms with Gasteiger partial charge >= 0.3 is 0 Å². The molecule has 0 amide bonds. The summed E-state index contributed by atoms with van der Waals surface area (Å²) in [5.74, 6) is 0.123. The molecule has 1 saturated carbocycles. The van der Waals surface area contributed by atoms with Crippen LogP contribution in [0.5, 0.6) is 0 Å². The Labute approximate surface area is 102 Å². The fourth-order valence-corrected chi connectivity index (χ4v) is 3.31. The largest absolute Gasteiger partial charge is 0.387 e. The van der Waals surface area contributed by atoms with Gasteiger partial charge in [-0.05, 0) is 12.8 Å². The van der Waals surface area contributed by atoms with Crippen molar-refractivity contribution in [3.8, 4) is 0 Å². The summed E-state index contributed by atoms with van der Waals surface area (Å²) in [6, 6.07) is 0.148. The standard InChI is InChI=1S/C9H19N5O2S/c10-9(11)7-13-3-5-14(6-4-13)17(15,16)12-8-1-2-8/h8,12H,1-7H2,(H3,10,11). The minimum Gasteiger partial charge on any atom is -0.387 e. The normalized spacial score (nSPS) is 23.8. The second-order valence-corrected chi connectivity index (χ2v) is 6.30. The lowest BCUT2D eigenvalue weighted by atomic mass is 10.3. The molecule has 0 bridgehead atoms. The van der Waals surface area contributed by atoms with Crippen LogP contribution >= 0.6 is 0 Å². The molecule has 0 atom stereocenters. The Morgan fingerprint density at radius 3 is 2.35 bits per heavy atom. The van der Waals surface area contributed by atoms with Crippen molar-refractivity contribution in [3.63, 3.8) is 0 Å². The Morgan fingerprint density at radius 1 is 1.29 bits per heavy atom. The van der Waals surface area contributed by atoms with Crippen molar-refractivity contribution in [2.75, 3.05) is 32.7 Å². The number of hydrogen-bond donors (Lipinski definition) is 3. The molecule has 0 spiro atoms. The highest BCUT2D eigenvalue weighted by molar-refractivity contribution is 7.87. The second kappa shape index (κ2) is 4.89. The average Bonchev–Trinajstić information content (AvgIpc) is 3.01. The van der Waals surface area contributed by atoms with Crippen molar-refractivity contribution in [1.82, 2.24) is 13.9 Å². The summed E-state index contributed by atoms with van der Waals surface area (Å²) in [5.41, 5.74) is 5.32. The van der Waals surface area contributed by atoms with Gasteiger partial charge in [0, 0.05) is 32.2 Å². The Balaban J connectivity index is 1.83. The van der Waals surface area contributed by atoms with Crippen LogP contribution in [-0.2, 0) is 10.2 Å². The van der Waals surface area contributed by atoms with Crippen molar-refractivity contribution < 1.29 is 8.42 Å². The van der Waals surface area contributed by atoms with Gasteiger partial charge in [-0.25, -0.2) is 0 Å². The molecule has 1 aliphatic carbocycles. The van der Waals surface area contributed by atoms with E-state index in [2.05, 4.69) is 4.72 Å². The molecule has 1 heterocycles. The molecular formula is C9H19N5O2S. The van der Waals surface area contributed by atoms with Gasteiger partial charge in [0.1, 0.15) is 5.84 Å². The number of nitrogens with two attached hydrogens (primary N) is 1. The molecule has 0 aromatic heterocycles. The maximum Gasteiger partial charge on any atom is 0.279 e. The summed E-state index contributed by atoms with van der Waals surface area (Å²) in [4.78, 5) is 1.99. The smallest absolute Gasteiger partial charge is 0.279 e. The molecule has 17 heavy (non-hydrogen) atoms. The second-order valence-electron chi connectivity index (χ2n) is 4.60. The quantitative estimate of drug-likeness (QED) is 0.415. The number of hydrogen-bond acceptors (Lipinski definition) is 4. The molecule has 2 rings (SSSR count). The maximum atomic E-state index is 11.9. The van der Waals surface area contributed by atoms with E-state index in [1.165, 1.54) is 4.31 Å². The van der Waals surface area contributed by atoms with E-state index in [1.54, 1.807) is 0 Å². The number of amidine groups is 1. The molecule has 8 heteroatoms. The molecule has 7 nitrogen and oxygen atoms in total. The van der Waals surface area contributed by atoms with Crippen molar-refractivity contribution in [3.05, 3.63) is 0 Å². The van der Waals surface area contributed by atoms with E-state index in [9.17, 15) is 8.42 Å². The first kappa shape index (κ1) is 12.7. The lowest BCUT2D eigenvalue weighted by Gasteiger charge is -2.33. The topological polar surface area (TPSA) is 103 Å². The monoisotopic (exact) mass is 261 g/mol. The summed E-state index contributed by atoms with van der Waals surface area (Å²) < 4.78 is 27.9. The van der Waals surface area contributed by atoms with Crippen molar-refractivity contribution >= 4 is 16.0 Å². The van der Waals surface area contributed by atoms with Crippen molar-refractivity contribution in [2.45, 2.75) is 18.9 Å². The molecule has 2 aliphatic rings. The SMILES string of the molecule is N=C(N)CN1CCN(S(=O)(=O)NC2CC2)CC1. The van der Waals surface area contributed by atoms with Crippen LogP contribution in [0.2, 0.25) is 0 Å². The van der Waals surface area contributed by atoms with Crippen LogP contribution < -0.4 is 10.5 Å². The van der Waals surface area contributed by atoms with E-state index >= 15 is 0 Å². The number of piperazine rings is 1. The fourth-order valence-electron chi connectivity index (χ4n) is 1.86. The van der Waals surface area contributed by atoms with Gasteiger partial charge in [-0.3, -0.25) is 10.3 Å². The first-order valence-corrected chi connectivity index (χ1v) is 7.24. The summed E-state index contributed by atoms with van der Waals surface area (Å²) in [6.45, 7) is 2.62. The Hall–Kier alpha value is -0.700. The third kappa shape index (κ3) is 3.63.